The van der Waals surface area contributed by atoms with E-state index in [1.165, 1.54) is 5.56 Å². The Balaban J connectivity index is 1.47. The zero-order chi connectivity index (χ0) is 13.8. The van der Waals surface area contributed by atoms with Crippen LogP contribution in [-0.2, 0) is 4.79 Å². The van der Waals surface area contributed by atoms with E-state index < -0.39 is 0 Å². The second kappa shape index (κ2) is 6.04. The molecule has 0 spiro atoms. The number of rotatable bonds is 4. The summed E-state index contributed by atoms with van der Waals surface area (Å²) < 4.78 is 0. The number of carbonyl (C=O) groups is 1. The molecule has 3 nitrogen and oxygen atoms in total. The Morgan fingerprint density at radius 2 is 2.10 bits per heavy atom. The predicted octanol–water partition coefficient (Wildman–Crippen LogP) is 3.25. The van der Waals surface area contributed by atoms with Crippen molar-refractivity contribution in [3.8, 4) is 0 Å². The lowest BCUT2D eigenvalue weighted by molar-refractivity contribution is -0.122. The maximum atomic E-state index is 12.0. The van der Waals surface area contributed by atoms with Crippen molar-refractivity contribution in [2.75, 3.05) is 0 Å². The highest BCUT2D eigenvalue weighted by atomic mass is 16.2. The Kier molecular flexibility index (Phi) is 3.95. The van der Waals surface area contributed by atoms with Crippen LogP contribution in [0.25, 0.3) is 0 Å². The Morgan fingerprint density at radius 1 is 1.25 bits per heavy atom. The maximum absolute atomic E-state index is 12.0. The predicted molar refractivity (Wildman–Crippen MR) is 80.4 cm³/mol. The van der Waals surface area contributed by atoms with E-state index in [0.29, 0.717) is 11.8 Å². The number of amides is 1. The van der Waals surface area contributed by atoms with Crippen LogP contribution in [0, 0.1) is 11.8 Å². The lowest BCUT2D eigenvalue weighted by Crippen LogP contribution is -2.21. The first-order valence-corrected chi connectivity index (χ1v) is 7.37. The van der Waals surface area contributed by atoms with Crippen molar-refractivity contribution < 1.29 is 4.79 Å². The second-order valence-electron chi connectivity index (χ2n) is 5.66. The third-order valence-electron chi connectivity index (χ3n) is 4.12. The molecule has 1 N–H and O–H groups in total. The van der Waals surface area contributed by atoms with Gasteiger partial charge in [-0.1, -0.05) is 42.5 Å². The van der Waals surface area contributed by atoms with Gasteiger partial charge in [0.05, 0.1) is 0 Å². The van der Waals surface area contributed by atoms with Crippen LogP contribution in [0.5, 0.6) is 0 Å². The summed E-state index contributed by atoms with van der Waals surface area (Å²) in [5.74, 6) is 1.01. The monoisotopic (exact) mass is 268 g/mol. The SMILES string of the molecule is O=C(N/N=C\[C@@H]1CC=CCC1)[C@H]1C[C@@H]1c1ccccc1. The summed E-state index contributed by atoms with van der Waals surface area (Å²) >= 11 is 0. The molecule has 0 unspecified atom stereocenters. The number of nitrogens with one attached hydrogen (secondary N) is 1. The van der Waals surface area contributed by atoms with Crippen LogP contribution in [0.15, 0.2) is 47.6 Å². The van der Waals surface area contributed by atoms with Gasteiger partial charge in [0, 0.05) is 12.1 Å². The average molecular weight is 268 g/mol. The number of allylic oxidation sites excluding steroid dienone is 2. The molecule has 0 aromatic heterocycles. The van der Waals surface area contributed by atoms with Gasteiger partial charge in [-0.25, -0.2) is 5.43 Å². The van der Waals surface area contributed by atoms with Crippen LogP contribution in [0.4, 0.5) is 0 Å². The highest BCUT2D eigenvalue weighted by Gasteiger charge is 2.43. The van der Waals surface area contributed by atoms with Gasteiger partial charge in [-0.2, -0.15) is 5.10 Å². The Morgan fingerprint density at radius 3 is 2.85 bits per heavy atom. The summed E-state index contributed by atoms with van der Waals surface area (Å²) in [4.78, 5) is 12.0. The maximum Gasteiger partial charge on any atom is 0.243 e. The highest BCUT2D eigenvalue weighted by molar-refractivity contribution is 5.83. The lowest BCUT2D eigenvalue weighted by atomic mass is 9.96. The van der Waals surface area contributed by atoms with Crippen LogP contribution in [0.3, 0.4) is 0 Å². The number of hydrogen-bond donors (Lipinski definition) is 1. The summed E-state index contributed by atoms with van der Waals surface area (Å²) in [6.45, 7) is 0. The van der Waals surface area contributed by atoms with E-state index in [0.717, 1.165) is 25.7 Å². The molecular formula is C17H20N2O. The minimum atomic E-state index is 0.0569. The van der Waals surface area contributed by atoms with Gasteiger partial charge in [0.1, 0.15) is 0 Å². The van der Waals surface area contributed by atoms with E-state index in [2.05, 4.69) is 34.8 Å². The Bertz CT molecular complexity index is 521. The third kappa shape index (κ3) is 3.16. The molecule has 1 fully saturated rings. The number of carbonyl (C=O) groups excluding carboxylic acids is 1. The molecule has 3 atom stereocenters. The first-order valence-electron chi connectivity index (χ1n) is 7.37. The largest absolute Gasteiger partial charge is 0.273 e. The van der Waals surface area contributed by atoms with Crippen LogP contribution in [0.2, 0.25) is 0 Å². The average Bonchev–Trinajstić information content (AvgIpc) is 3.30. The molecule has 3 rings (SSSR count). The molecule has 20 heavy (non-hydrogen) atoms. The number of benzene rings is 1. The molecule has 1 amide bonds. The molecule has 0 heterocycles. The van der Waals surface area contributed by atoms with E-state index >= 15 is 0 Å². The van der Waals surface area contributed by atoms with Gasteiger partial charge < -0.3 is 0 Å². The topological polar surface area (TPSA) is 41.5 Å². The molecule has 1 aromatic carbocycles. The van der Waals surface area contributed by atoms with Crippen LogP contribution in [0.1, 0.15) is 37.2 Å². The highest BCUT2D eigenvalue weighted by Crippen LogP contribution is 2.47. The van der Waals surface area contributed by atoms with E-state index in [1.807, 2.05) is 24.4 Å². The van der Waals surface area contributed by atoms with E-state index in [9.17, 15) is 4.79 Å². The fourth-order valence-electron chi connectivity index (χ4n) is 2.80. The number of nitrogens with zero attached hydrogens (tertiary/aromatic N) is 1. The smallest absolute Gasteiger partial charge is 0.243 e. The van der Waals surface area contributed by atoms with Gasteiger partial charge in [0.25, 0.3) is 0 Å². The van der Waals surface area contributed by atoms with Crippen molar-refractivity contribution in [3.05, 3.63) is 48.0 Å². The summed E-state index contributed by atoms with van der Waals surface area (Å²) in [7, 11) is 0. The van der Waals surface area contributed by atoms with Gasteiger partial charge in [-0.3, -0.25) is 4.79 Å². The standard InChI is InChI=1S/C17H20N2O/c20-17(19-18-12-13-7-3-1-4-8-13)16-11-15(16)14-9-5-2-6-10-14/h1-3,5-6,9-10,12-13,15-16H,4,7-8,11H2,(H,19,20)/b18-12-/t13-,15-,16+/m1/s1. The lowest BCUT2D eigenvalue weighted by Gasteiger charge is -2.11. The minimum Gasteiger partial charge on any atom is -0.273 e. The molecule has 1 aromatic rings. The number of hydrazone groups is 1. The van der Waals surface area contributed by atoms with Gasteiger partial charge in [-0.15, -0.1) is 0 Å². The Hall–Kier alpha value is -1.90. The minimum absolute atomic E-state index is 0.0569. The molecule has 2 aliphatic carbocycles. The molecule has 0 radical (unpaired) electrons. The summed E-state index contributed by atoms with van der Waals surface area (Å²) in [6.07, 6.45) is 10.5. The molecule has 0 bridgehead atoms. The van der Waals surface area contributed by atoms with Crippen molar-refractivity contribution in [1.29, 1.82) is 0 Å². The van der Waals surface area contributed by atoms with Gasteiger partial charge in [-0.05, 0) is 43.1 Å². The van der Waals surface area contributed by atoms with Crippen LogP contribution in [-0.4, -0.2) is 12.1 Å². The zero-order valence-electron chi connectivity index (χ0n) is 11.5. The zero-order valence-corrected chi connectivity index (χ0v) is 11.5. The van der Waals surface area contributed by atoms with Gasteiger partial charge in [0.2, 0.25) is 5.91 Å². The van der Waals surface area contributed by atoms with Crippen molar-refractivity contribution in [1.82, 2.24) is 5.43 Å². The first-order chi connectivity index (χ1) is 9.84. The van der Waals surface area contributed by atoms with Crippen molar-refractivity contribution in [2.24, 2.45) is 16.9 Å². The van der Waals surface area contributed by atoms with E-state index in [1.54, 1.807) is 0 Å². The molecule has 0 saturated heterocycles. The van der Waals surface area contributed by atoms with Crippen LogP contribution >= 0.6 is 0 Å². The third-order valence-corrected chi connectivity index (χ3v) is 4.12. The normalized spacial score (nSPS) is 28.5. The second-order valence-corrected chi connectivity index (χ2v) is 5.66. The van der Waals surface area contributed by atoms with E-state index in [-0.39, 0.29) is 11.8 Å². The summed E-state index contributed by atoms with van der Waals surface area (Å²) in [5, 5.41) is 4.13. The first kappa shape index (κ1) is 13.1. The molecule has 1 saturated carbocycles. The van der Waals surface area contributed by atoms with Crippen molar-refractivity contribution in [3.63, 3.8) is 0 Å². The van der Waals surface area contributed by atoms with Crippen LogP contribution < -0.4 is 5.43 Å². The molecular weight excluding hydrogens is 248 g/mol. The van der Waals surface area contributed by atoms with Gasteiger partial charge in [0.15, 0.2) is 0 Å². The van der Waals surface area contributed by atoms with Crippen molar-refractivity contribution in [2.45, 2.75) is 31.6 Å². The summed E-state index contributed by atoms with van der Waals surface area (Å²) in [6, 6.07) is 10.2. The van der Waals surface area contributed by atoms with Crippen molar-refractivity contribution >= 4 is 12.1 Å². The molecule has 3 heteroatoms. The fraction of sp³-hybridized carbons (Fsp3) is 0.412. The molecule has 0 aliphatic heterocycles. The van der Waals surface area contributed by atoms with E-state index in [4.69, 9.17) is 0 Å². The Labute approximate surface area is 119 Å². The summed E-state index contributed by atoms with van der Waals surface area (Å²) in [5.41, 5.74) is 3.96. The quantitative estimate of drug-likeness (QED) is 0.508. The molecule has 2 aliphatic rings. The van der Waals surface area contributed by atoms with Gasteiger partial charge >= 0.3 is 0 Å². The number of hydrogen-bond acceptors (Lipinski definition) is 2. The molecule has 104 valence electrons. The fourth-order valence-corrected chi connectivity index (χ4v) is 2.80.